The number of carbonyl (C=O) groups excluding carboxylic acids is 2. The second-order valence-corrected chi connectivity index (χ2v) is 7.35. The summed E-state index contributed by atoms with van der Waals surface area (Å²) in [6.07, 6.45) is -2.62. The third kappa shape index (κ3) is 5.31. The Kier molecular flexibility index (Phi) is 6.64. The maximum absolute atomic E-state index is 12.8. The van der Waals surface area contributed by atoms with E-state index in [1.807, 2.05) is 6.07 Å². The van der Waals surface area contributed by atoms with E-state index in [1.54, 1.807) is 36.2 Å². The van der Waals surface area contributed by atoms with Crippen LogP contribution in [0, 0.1) is 0 Å². The lowest BCUT2D eigenvalue weighted by atomic mass is 9.89. The van der Waals surface area contributed by atoms with Gasteiger partial charge in [0.15, 0.2) is 0 Å². The quantitative estimate of drug-likeness (QED) is 0.782. The van der Waals surface area contributed by atoms with Gasteiger partial charge in [-0.3, -0.25) is 4.79 Å². The van der Waals surface area contributed by atoms with Crippen LogP contribution in [0.15, 0.2) is 48.5 Å². The summed E-state index contributed by atoms with van der Waals surface area (Å²) in [5, 5.41) is 5.31. The molecule has 2 aromatic carbocycles. The predicted octanol–water partition coefficient (Wildman–Crippen LogP) is 4.15. The molecule has 30 heavy (non-hydrogen) atoms. The van der Waals surface area contributed by atoms with E-state index < -0.39 is 11.7 Å². The summed E-state index contributed by atoms with van der Waals surface area (Å²) < 4.78 is 38.5. The van der Waals surface area contributed by atoms with Crippen LogP contribution in [-0.2, 0) is 12.7 Å². The van der Waals surface area contributed by atoms with Crippen LogP contribution in [-0.4, -0.2) is 37.0 Å². The smallest absolute Gasteiger partial charge is 0.348 e. The summed E-state index contributed by atoms with van der Waals surface area (Å²) in [6.45, 7) is 1.28. The number of likely N-dealkylation sites (tertiary alicyclic amines) is 1. The minimum absolute atomic E-state index is 0.000852. The fourth-order valence-electron chi connectivity index (χ4n) is 3.67. The van der Waals surface area contributed by atoms with Crippen LogP contribution in [0.1, 0.15) is 45.8 Å². The summed E-state index contributed by atoms with van der Waals surface area (Å²) in [6, 6.07) is 12.0. The molecule has 1 aliphatic rings. The van der Waals surface area contributed by atoms with Gasteiger partial charge in [0.1, 0.15) is 0 Å². The van der Waals surface area contributed by atoms with Crippen LogP contribution in [0.4, 0.5) is 18.0 Å². The number of benzene rings is 2. The molecule has 3 rings (SSSR count). The molecule has 2 aromatic rings. The maximum Gasteiger partial charge on any atom is 0.416 e. The minimum Gasteiger partial charge on any atom is -0.348 e. The van der Waals surface area contributed by atoms with Crippen molar-refractivity contribution >= 4 is 11.9 Å². The van der Waals surface area contributed by atoms with Crippen molar-refractivity contribution in [3.05, 3.63) is 70.8 Å². The Hall–Kier alpha value is -3.03. The topological polar surface area (TPSA) is 61.4 Å². The molecular formula is C22H24F3N3O2. The van der Waals surface area contributed by atoms with Gasteiger partial charge in [0, 0.05) is 38.2 Å². The number of nitrogens with one attached hydrogen (secondary N) is 2. The van der Waals surface area contributed by atoms with E-state index in [4.69, 9.17) is 0 Å². The first-order valence-electron chi connectivity index (χ1n) is 9.79. The molecule has 8 heteroatoms. The van der Waals surface area contributed by atoms with Crippen molar-refractivity contribution in [2.24, 2.45) is 0 Å². The highest BCUT2D eigenvalue weighted by Gasteiger charge is 2.30. The Balaban J connectivity index is 1.66. The molecule has 0 bridgehead atoms. The van der Waals surface area contributed by atoms with Crippen molar-refractivity contribution < 1.29 is 22.8 Å². The number of nitrogens with zero attached hydrogens (tertiary/aromatic N) is 1. The van der Waals surface area contributed by atoms with Crippen LogP contribution in [0.25, 0.3) is 0 Å². The molecule has 0 spiro atoms. The van der Waals surface area contributed by atoms with E-state index in [-0.39, 0.29) is 24.4 Å². The fourth-order valence-corrected chi connectivity index (χ4v) is 3.67. The number of hydrogen-bond acceptors (Lipinski definition) is 2. The number of halogens is 3. The van der Waals surface area contributed by atoms with Crippen molar-refractivity contribution in [2.45, 2.75) is 31.5 Å². The molecule has 3 amide bonds. The number of alkyl halides is 3. The van der Waals surface area contributed by atoms with Crippen molar-refractivity contribution in [3.63, 3.8) is 0 Å². The van der Waals surface area contributed by atoms with Crippen molar-refractivity contribution in [2.75, 3.05) is 20.1 Å². The standard InChI is InChI=1S/C22H24F3N3O2/c1-26-21(30)28-10-4-8-18(14-28)16-6-3-7-17(12-16)20(29)27-13-15-5-2-9-19(11-15)22(23,24)25/h2-3,5-7,9,11-12,18H,4,8,10,13-14H2,1H3,(H,26,30)(H,27,29)/t18-/m1/s1. The SMILES string of the molecule is CNC(=O)N1CCC[C@@H](c2cccc(C(=O)NCc3cccc(C(F)(F)F)c3)c2)C1. The lowest BCUT2D eigenvalue weighted by Gasteiger charge is -2.32. The average molecular weight is 419 g/mol. The van der Waals surface area contributed by atoms with Gasteiger partial charge in [-0.1, -0.05) is 24.3 Å². The number of hydrogen-bond donors (Lipinski definition) is 2. The van der Waals surface area contributed by atoms with Gasteiger partial charge in [-0.05, 0) is 48.2 Å². The Labute approximate surface area is 173 Å². The molecule has 0 aromatic heterocycles. The first-order valence-corrected chi connectivity index (χ1v) is 9.79. The predicted molar refractivity (Wildman–Crippen MR) is 107 cm³/mol. The number of piperidine rings is 1. The molecule has 160 valence electrons. The minimum atomic E-state index is -4.42. The van der Waals surface area contributed by atoms with Gasteiger partial charge in [0.2, 0.25) is 0 Å². The van der Waals surface area contributed by atoms with E-state index in [9.17, 15) is 22.8 Å². The lowest BCUT2D eigenvalue weighted by molar-refractivity contribution is -0.137. The van der Waals surface area contributed by atoms with Crippen LogP contribution < -0.4 is 10.6 Å². The van der Waals surface area contributed by atoms with Gasteiger partial charge in [-0.25, -0.2) is 4.79 Å². The lowest BCUT2D eigenvalue weighted by Crippen LogP contribution is -2.43. The largest absolute Gasteiger partial charge is 0.416 e. The molecule has 5 nitrogen and oxygen atoms in total. The maximum atomic E-state index is 12.8. The molecule has 1 aliphatic heterocycles. The van der Waals surface area contributed by atoms with Gasteiger partial charge in [-0.15, -0.1) is 0 Å². The molecule has 1 saturated heterocycles. The zero-order chi connectivity index (χ0) is 21.7. The highest BCUT2D eigenvalue weighted by atomic mass is 19.4. The van der Waals surface area contributed by atoms with Crippen molar-refractivity contribution in [1.82, 2.24) is 15.5 Å². The van der Waals surface area contributed by atoms with E-state index >= 15 is 0 Å². The van der Waals surface area contributed by atoms with Gasteiger partial charge >= 0.3 is 12.2 Å². The molecule has 2 N–H and O–H groups in total. The van der Waals surface area contributed by atoms with Gasteiger partial charge in [-0.2, -0.15) is 13.2 Å². The summed E-state index contributed by atoms with van der Waals surface area (Å²) in [4.78, 5) is 26.2. The molecular weight excluding hydrogens is 395 g/mol. The second kappa shape index (κ2) is 9.19. The Bertz CT molecular complexity index is 914. The van der Waals surface area contributed by atoms with Gasteiger partial charge in [0.05, 0.1) is 5.56 Å². The normalized spacial score (nSPS) is 16.8. The number of rotatable bonds is 4. The Morgan fingerprint density at radius 1 is 1.13 bits per heavy atom. The monoisotopic (exact) mass is 419 g/mol. The van der Waals surface area contributed by atoms with Gasteiger partial charge in [0.25, 0.3) is 5.91 Å². The van der Waals surface area contributed by atoms with E-state index in [1.165, 1.54) is 6.07 Å². The third-order valence-electron chi connectivity index (χ3n) is 5.25. The van der Waals surface area contributed by atoms with Crippen molar-refractivity contribution in [1.29, 1.82) is 0 Å². The highest BCUT2D eigenvalue weighted by molar-refractivity contribution is 5.94. The second-order valence-electron chi connectivity index (χ2n) is 7.35. The molecule has 1 heterocycles. The number of carbonyl (C=O) groups is 2. The van der Waals surface area contributed by atoms with E-state index in [2.05, 4.69) is 10.6 Å². The van der Waals surface area contributed by atoms with Crippen LogP contribution in [0.3, 0.4) is 0 Å². The molecule has 1 fully saturated rings. The zero-order valence-electron chi connectivity index (χ0n) is 16.6. The molecule has 0 radical (unpaired) electrons. The van der Waals surface area contributed by atoms with E-state index in [0.29, 0.717) is 24.2 Å². The first kappa shape index (κ1) is 21.7. The third-order valence-corrected chi connectivity index (χ3v) is 5.25. The summed E-state index contributed by atoms with van der Waals surface area (Å²) >= 11 is 0. The highest BCUT2D eigenvalue weighted by Crippen LogP contribution is 2.30. The van der Waals surface area contributed by atoms with Crippen molar-refractivity contribution in [3.8, 4) is 0 Å². The fraction of sp³-hybridized carbons (Fsp3) is 0.364. The van der Waals surface area contributed by atoms with Crippen LogP contribution in [0.2, 0.25) is 0 Å². The average Bonchev–Trinajstić information content (AvgIpc) is 2.76. The summed E-state index contributed by atoms with van der Waals surface area (Å²) in [7, 11) is 1.60. The first-order chi connectivity index (χ1) is 14.3. The molecule has 1 atom stereocenters. The molecule has 0 aliphatic carbocycles. The Morgan fingerprint density at radius 3 is 2.63 bits per heavy atom. The summed E-state index contributed by atoms with van der Waals surface area (Å²) in [5.41, 5.74) is 1.05. The van der Waals surface area contributed by atoms with Gasteiger partial charge < -0.3 is 15.5 Å². The molecule has 0 unspecified atom stereocenters. The molecule has 0 saturated carbocycles. The number of urea groups is 1. The van der Waals surface area contributed by atoms with Crippen LogP contribution in [0.5, 0.6) is 0 Å². The summed E-state index contributed by atoms with van der Waals surface area (Å²) in [5.74, 6) is -0.222. The zero-order valence-corrected chi connectivity index (χ0v) is 16.6. The van der Waals surface area contributed by atoms with E-state index in [0.717, 1.165) is 30.5 Å². The Morgan fingerprint density at radius 2 is 1.90 bits per heavy atom. The number of amides is 3. The van der Waals surface area contributed by atoms with Crippen LogP contribution >= 0.6 is 0 Å².